The first-order valence-electron chi connectivity index (χ1n) is 5.79. The second-order valence-corrected chi connectivity index (χ2v) is 4.17. The standard InChI is InChI=1S/C13H16N2O2S.CH4/c1-2-10-5-7-11(8-6-10)14-13(18)15-12(17)4-3-9-16;/h5-9H,2-4H2,1H3,(H2,14,15,17,18);1H4. The molecule has 0 saturated heterocycles. The van der Waals surface area contributed by atoms with Gasteiger partial charge < -0.3 is 15.4 Å². The van der Waals surface area contributed by atoms with E-state index < -0.39 is 0 Å². The molecular weight excluding hydrogens is 260 g/mol. The summed E-state index contributed by atoms with van der Waals surface area (Å²) in [6.07, 6.45) is 2.05. The fourth-order valence-corrected chi connectivity index (χ4v) is 1.60. The average Bonchev–Trinajstić information content (AvgIpc) is 2.37. The Morgan fingerprint density at radius 1 is 1.32 bits per heavy atom. The number of carbonyl (C=O) groups excluding carboxylic acids is 2. The van der Waals surface area contributed by atoms with Gasteiger partial charge in [-0.1, -0.05) is 26.5 Å². The molecule has 0 bridgehead atoms. The molecule has 0 aliphatic heterocycles. The third-order valence-corrected chi connectivity index (χ3v) is 2.57. The number of thiocarbonyl (C=S) groups is 1. The zero-order valence-electron chi connectivity index (χ0n) is 10.2. The second-order valence-electron chi connectivity index (χ2n) is 3.76. The molecule has 2 N–H and O–H groups in total. The van der Waals surface area contributed by atoms with Gasteiger partial charge in [-0.2, -0.15) is 0 Å². The number of rotatable bonds is 5. The third kappa shape index (κ3) is 6.67. The van der Waals surface area contributed by atoms with Gasteiger partial charge in [0.1, 0.15) is 6.29 Å². The van der Waals surface area contributed by atoms with Gasteiger partial charge in [0.2, 0.25) is 5.91 Å². The molecule has 0 heterocycles. The van der Waals surface area contributed by atoms with Gasteiger partial charge in [0.05, 0.1) is 0 Å². The van der Waals surface area contributed by atoms with Crippen molar-refractivity contribution >= 4 is 35.2 Å². The molecule has 0 atom stereocenters. The molecule has 0 aliphatic carbocycles. The van der Waals surface area contributed by atoms with Gasteiger partial charge in [-0.3, -0.25) is 4.79 Å². The van der Waals surface area contributed by atoms with Crippen LogP contribution in [0.1, 0.15) is 32.8 Å². The van der Waals surface area contributed by atoms with E-state index in [1.807, 2.05) is 24.3 Å². The van der Waals surface area contributed by atoms with E-state index in [2.05, 4.69) is 17.6 Å². The van der Waals surface area contributed by atoms with Crippen LogP contribution in [0.4, 0.5) is 5.69 Å². The minimum Gasteiger partial charge on any atom is -0.332 e. The molecule has 1 aromatic rings. The number of amides is 1. The first-order chi connectivity index (χ1) is 8.65. The van der Waals surface area contributed by atoms with Crippen LogP contribution in [-0.2, 0) is 16.0 Å². The molecule has 1 amide bonds. The van der Waals surface area contributed by atoms with Gasteiger partial charge in [0, 0.05) is 18.5 Å². The van der Waals surface area contributed by atoms with Gasteiger partial charge in [0.15, 0.2) is 5.11 Å². The van der Waals surface area contributed by atoms with E-state index in [-0.39, 0.29) is 31.3 Å². The first-order valence-corrected chi connectivity index (χ1v) is 6.20. The Morgan fingerprint density at radius 2 is 1.95 bits per heavy atom. The molecule has 0 saturated carbocycles. The Morgan fingerprint density at radius 3 is 2.47 bits per heavy atom. The summed E-state index contributed by atoms with van der Waals surface area (Å²) in [7, 11) is 0. The number of benzene rings is 1. The van der Waals surface area contributed by atoms with E-state index in [0.29, 0.717) is 6.29 Å². The van der Waals surface area contributed by atoms with Crippen molar-refractivity contribution in [3.63, 3.8) is 0 Å². The lowest BCUT2D eigenvalue weighted by Crippen LogP contribution is -2.33. The minimum atomic E-state index is -0.259. The summed E-state index contributed by atoms with van der Waals surface area (Å²) >= 11 is 4.99. The number of aldehydes is 1. The zero-order chi connectivity index (χ0) is 13.4. The summed E-state index contributed by atoms with van der Waals surface area (Å²) in [6, 6.07) is 7.81. The van der Waals surface area contributed by atoms with Crippen molar-refractivity contribution in [3.05, 3.63) is 29.8 Å². The van der Waals surface area contributed by atoms with Gasteiger partial charge in [-0.25, -0.2) is 0 Å². The Hall–Kier alpha value is -1.75. The predicted molar refractivity (Wildman–Crippen MR) is 82.2 cm³/mol. The summed E-state index contributed by atoms with van der Waals surface area (Å²) in [6.45, 7) is 2.08. The van der Waals surface area contributed by atoms with E-state index >= 15 is 0 Å². The predicted octanol–water partition coefficient (Wildman–Crippen LogP) is 2.68. The topological polar surface area (TPSA) is 58.2 Å². The van der Waals surface area contributed by atoms with Crippen LogP contribution < -0.4 is 10.6 Å². The largest absolute Gasteiger partial charge is 0.332 e. The van der Waals surface area contributed by atoms with Crippen LogP contribution in [0.15, 0.2) is 24.3 Å². The van der Waals surface area contributed by atoms with Crippen LogP contribution in [0.5, 0.6) is 0 Å². The van der Waals surface area contributed by atoms with Crippen molar-refractivity contribution in [1.29, 1.82) is 0 Å². The lowest BCUT2D eigenvalue weighted by molar-refractivity contribution is -0.121. The van der Waals surface area contributed by atoms with Crippen LogP contribution >= 0.6 is 12.2 Å². The molecular formula is C14H20N2O2S. The normalized spacial score (nSPS) is 9.11. The Bertz CT molecular complexity index is 430. The fraction of sp³-hybridized carbons (Fsp3) is 0.357. The van der Waals surface area contributed by atoms with Crippen molar-refractivity contribution < 1.29 is 9.59 Å². The number of carbonyl (C=O) groups is 2. The maximum Gasteiger partial charge on any atom is 0.226 e. The number of hydrogen-bond donors (Lipinski definition) is 2. The Balaban J connectivity index is 0.00000324. The van der Waals surface area contributed by atoms with Crippen LogP contribution in [0.3, 0.4) is 0 Å². The third-order valence-electron chi connectivity index (χ3n) is 2.36. The van der Waals surface area contributed by atoms with E-state index in [1.54, 1.807) is 0 Å². The maximum absolute atomic E-state index is 11.3. The van der Waals surface area contributed by atoms with Crippen LogP contribution in [0, 0.1) is 0 Å². The van der Waals surface area contributed by atoms with Gasteiger partial charge in [-0.05, 0) is 36.3 Å². The molecule has 19 heavy (non-hydrogen) atoms. The SMILES string of the molecule is C.CCc1ccc(NC(=S)NC(=O)CCC=O)cc1. The van der Waals surface area contributed by atoms with E-state index in [9.17, 15) is 9.59 Å². The number of nitrogens with one attached hydrogen (secondary N) is 2. The maximum atomic E-state index is 11.3. The Labute approximate surface area is 119 Å². The van der Waals surface area contributed by atoms with Crippen molar-refractivity contribution in [2.24, 2.45) is 0 Å². The number of anilines is 1. The molecule has 1 aromatic carbocycles. The first kappa shape index (κ1) is 17.2. The summed E-state index contributed by atoms with van der Waals surface area (Å²) in [5, 5.41) is 5.67. The van der Waals surface area contributed by atoms with Crippen molar-refractivity contribution in [3.8, 4) is 0 Å². The highest BCUT2D eigenvalue weighted by molar-refractivity contribution is 7.80. The summed E-state index contributed by atoms with van der Waals surface area (Å²) < 4.78 is 0. The van der Waals surface area contributed by atoms with Crippen molar-refractivity contribution in [2.75, 3.05) is 5.32 Å². The molecule has 104 valence electrons. The molecule has 0 aromatic heterocycles. The van der Waals surface area contributed by atoms with E-state index in [0.717, 1.165) is 12.1 Å². The molecule has 0 aliphatic rings. The summed E-state index contributed by atoms with van der Waals surface area (Å²) in [5.41, 5.74) is 2.06. The second kappa shape index (κ2) is 9.22. The van der Waals surface area contributed by atoms with Crippen LogP contribution in [0.2, 0.25) is 0 Å². The summed E-state index contributed by atoms with van der Waals surface area (Å²) in [5.74, 6) is -0.259. The van der Waals surface area contributed by atoms with E-state index in [1.165, 1.54) is 5.56 Å². The number of aryl methyl sites for hydroxylation is 1. The highest BCUT2D eigenvalue weighted by Gasteiger charge is 2.04. The van der Waals surface area contributed by atoms with Gasteiger partial charge in [-0.15, -0.1) is 0 Å². The smallest absolute Gasteiger partial charge is 0.226 e. The highest BCUT2D eigenvalue weighted by Crippen LogP contribution is 2.09. The van der Waals surface area contributed by atoms with Crippen molar-refractivity contribution in [1.82, 2.24) is 5.32 Å². The Kier molecular flexibility index (Phi) is 8.37. The molecule has 4 nitrogen and oxygen atoms in total. The molecule has 0 unspecified atom stereocenters. The number of hydrogen-bond acceptors (Lipinski definition) is 3. The van der Waals surface area contributed by atoms with Crippen molar-refractivity contribution in [2.45, 2.75) is 33.6 Å². The van der Waals surface area contributed by atoms with Crippen LogP contribution in [-0.4, -0.2) is 17.3 Å². The van der Waals surface area contributed by atoms with E-state index in [4.69, 9.17) is 12.2 Å². The average molecular weight is 280 g/mol. The molecule has 1 rings (SSSR count). The quantitative estimate of drug-likeness (QED) is 0.643. The lowest BCUT2D eigenvalue weighted by Gasteiger charge is -2.09. The minimum absolute atomic E-state index is 0. The molecule has 0 spiro atoms. The molecule has 0 radical (unpaired) electrons. The lowest BCUT2D eigenvalue weighted by atomic mass is 10.1. The fourth-order valence-electron chi connectivity index (χ4n) is 1.37. The highest BCUT2D eigenvalue weighted by atomic mass is 32.1. The van der Waals surface area contributed by atoms with Gasteiger partial charge in [0.25, 0.3) is 0 Å². The summed E-state index contributed by atoms with van der Waals surface area (Å²) in [4.78, 5) is 21.4. The molecule has 0 fully saturated rings. The van der Waals surface area contributed by atoms with Crippen LogP contribution in [0.25, 0.3) is 0 Å². The molecule has 5 heteroatoms. The zero-order valence-corrected chi connectivity index (χ0v) is 11.0. The van der Waals surface area contributed by atoms with Gasteiger partial charge >= 0.3 is 0 Å². The monoisotopic (exact) mass is 280 g/mol.